The zero-order valence-corrected chi connectivity index (χ0v) is 15.9. The van der Waals surface area contributed by atoms with E-state index in [1.165, 1.54) is 0 Å². The molecule has 6 nitrogen and oxygen atoms in total. The van der Waals surface area contributed by atoms with Gasteiger partial charge in [0.2, 0.25) is 0 Å². The maximum Gasteiger partial charge on any atom is 0.256 e. The summed E-state index contributed by atoms with van der Waals surface area (Å²) in [6, 6.07) is 13.7. The average molecular weight is 376 g/mol. The Morgan fingerprint density at radius 2 is 1.86 bits per heavy atom. The standard InChI is InChI=1S/C22H24N4O2/c1-28-21(18-5-3-2-4-6-18)22(27)26-13-9-17(10-14-26)20-19(15-24-25-20)16-7-11-23-12-8-16/h2-8,11-12,15,17,21H,9-10,13-14H2,1H3,(H,24,25). The summed E-state index contributed by atoms with van der Waals surface area (Å²) in [6.07, 6.45) is 6.72. The second-order valence-corrected chi connectivity index (χ2v) is 7.06. The first-order valence-corrected chi connectivity index (χ1v) is 9.58. The van der Waals surface area contributed by atoms with Crippen LogP contribution in [0.5, 0.6) is 0 Å². The molecular formula is C22H24N4O2. The van der Waals surface area contributed by atoms with Crippen molar-refractivity contribution >= 4 is 5.91 Å². The highest BCUT2D eigenvalue weighted by atomic mass is 16.5. The molecule has 0 spiro atoms. The Morgan fingerprint density at radius 3 is 2.54 bits per heavy atom. The first-order chi connectivity index (χ1) is 13.8. The van der Waals surface area contributed by atoms with Crippen molar-refractivity contribution in [2.45, 2.75) is 24.9 Å². The maximum atomic E-state index is 13.0. The molecule has 0 aliphatic carbocycles. The lowest BCUT2D eigenvalue weighted by Gasteiger charge is -2.34. The van der Waals surface area contributed by atoms with Gasteiger partial charge in [0.05, 0.1) is 6.20 Å². The number of carbonyl (C=O) groups excluding carboxylic acids is 1. The van der Waals surface area contributed by atoms with Crippen molar-refractivity contribution in [3.63, 3.8) is 0 Å². The molecule has 0 bridgehead atoms. The van der Waals surface area contributed by atoms with E-state index >= 15 is 0 Å². The lowest BCUT2D eigenvalue weighted by atomic mass is 9.89. The lowest BCUT2D eigenvalue weighted by molar-refractivity contribution is -0.143. The van der Waals surface area contributed by atoms with Crippen molar-refractivity contribution in [2.75, 3.05) is 20.2 Å². The molecule has 144 valence electrons. The topological polar surface area (TPSA) is 71.1 Å². The first-order valence-electron chi connectivity index (χ1n) is 9.58. The van der Waals surface area contributed by atoms with E-state index in [1.807, 2.05) is 53.6 Å². The highest BCUT2D eigenvalue weighted by Crippen LogP contribution is 2.34. The number of methoxy groups -OCH3 is 1. The molecule has 1 aromatic carbocycles. The van der Waals surface area contributed by atoms with Crippen molar-refractivity contribution in [1.82, 2.24) is 20.1 Å². The van der Waals surface area contributed by atoms with E-state index in [-0.39, 0.29) is 5.91 Å². The Balaban J connectivity index is 1.44. The van der Waals surface area contributed by atoms with Crippen LogP contribution in [-0.4, -0.2) is 46.2 Å². The summed E-state index contributed by atoms with van der Waals surface area (Å²) in [5, 5.41) is 7.44. The van der Waals surface area contributed by atoms with Gasteiger partial charge in [0, 0.05) is 49.8 Å². The number of aromatic amines is 1. The van der Waals surface area contributed by atoms with Gasteiger partial charge in [-0.15, -0.1) is 0 Å². The van der Waals surface area contributed by atoms with E-state index in [1.54, 1.807) is 19.5 Å². The average Bonchev–Trinajstić information content (AvgIpc) is 3.26. The Hall–Kier alpha value is -2.99. The van der Waals surface area contributed by atoms with E-state index in [0.29, 0.717) is 19.0 Å². The summed E-state index contributed by atoms with van der Waals surface area (Å²) in [5.74, 6) is 0.388. The van der Waals surface area contributed by atoms with Gasteiger partial charge in [0.15, 0.2) is 6.10 Å². The van der Waals surface area contributed by atoms with Crippen LogP contribution < -0.4 is 0 Å². The molecule has 1 saturated heterocycles. The Bertz CT molecular complexity index is 903. The van der Waals surface area contributed by atoms with Crippen molar-refractivity contribution in [3.8, 4) is 11.1 Å². The zero-order valence-electron chi connectivity index (χ0n) is 15.9. The number of likely N-dealkylation sites (tertiary alicyclic amines) is 1. The SMILES string of the molecule is COC(C(=O)N1CCC(c2[nH]ncc2-c2ccncc2)CC1)c1ccccc1. The number of amides is 1. The molecular weight excluding hydrogens is 352 g/mol. The van der Waals surface area contributed by atoms with Gasteiger partial charge in [-0.25, -0.2) is 0 Å². The summed E-state index contributed by atoms with van der Waals surface area (Å²) < 4.78 is 5.51. The maximum absolute atomic E-state index is 13.0. The van der Waals surface area contributed by atoms with Gasteiger partial charge < -0.3 is 9.64 Å². The van der Waals surface area contributed by atoms with Crippen molar-refractivity contribution in [2.24, 2.45) is 0 Å². The molecule has 1 aliphatic rings. The molecule has 6 heteroatoms. The van der Waals surface area contributed by atoms with Crippen LogP contribution in [0.1, 0.15) is 36.1 Å². The highest BCUT2D eigenvalue weighted by molar-refractivity contribution is 5.82. The fraction of sp³-hybridized carbons (Fsp3) is 0.318. The van der Waals surface area contributed by atoms with Crippen LogP contribution in [0, 0.1) is 0 Å². The van der Waals surface area contributed by atoms with Gasteiger partial charge in [-0.1, -0.05) is 30.3 Å². The minimum Gasteiger partial charge on any atom is -0.367 e. The highest BCUT2D eigenvalue weighted by Gasteiger charge is 2.31. The Labute approximate surface area is 164 Å². The molecule has 3 heterocycles. The smallest absolute Gasteiger partial charge is 0.256 e. The van der Waals surface area contributed by atoms with Crippen LogP contribution in [0.4, 0.5) is 0 Å². The van der Waals surface area contributed by atoms with Gasteiger partial charge in [0.1, 0.15) is 0 Å². The molecule has 1 fully saturated rings. The third-order valence-electron chi connectivity index (χ3n) is 5.44. The fourth-order valence-corrected chi connectivity index (χ4v) is 3.93. The Morgan fingerprint density at radius 1 is 1.14 bits per heavy atom. The van der Waals surface area contributed by atoms with E-state index in [0.717, 1.165) is 35.2 Å². The molecule has 0 radical (unpaired) electrons. The van der Waals surface area contributed by atoms with Gasteiger partial charge in [-0.2, -0.15) is 5.10 Å². The van der Waals surface area contributed by atoms with Crippen LogP contribution in [-0.2, 0) is 9.53 Å². The number of hydrogen-bond acceptors (Lipinski definition) is 4. The van der Waals surface area contributed by atoms with Crippen molar-refractivity contribution < 1.29 is 9.53 Å². The van der Waals surface area contributed by atoms with Crippen LogP contribution in [0.15, 0.2) is 61.1 Å². The summed E-state index contributed by atoms with van der Waals surface area (Å²) in [6.45, 7) is 1.43. The molecule has 2 aromatic heterocycles. The van der Waals surface area contributed by atoms with Crippen LogP contribution in [0.25, 0.3) is 11.1 Å². The molecule has 0 saturated carbocycles. The van der Waals surface area contributed by atoms with Gasteiger partial charge in [0.25, 0.3) is 5.91 Å². The number of ether oxygens (including phenoxy) is 1. The minimum absolute atomic E-state index is 0.0334. The van der Waals surface area contributed by atoms with Gasteiger partial charge in [-0.3, -0.25) is 14.9 Å². The number of nitrogens with one attached hydrogen (secondary N) is 1. The molecule has 1 N–H and O–H groups in total. The number of pyridine rings is 1. The van der Waals surface area contributed by atoms with E-state index in [2.05, 4.69) is 15.2 Å². The van der Waals surface area contributed by atoms with Crippen molar-refractivity contribution in [3.05, 3.63) is 72.3 Å². The number of carbonyl (C=O) groups is 1. The van der Waals surface area contributed by atoms with E-state index in [9.17, 15) is 4.79 Å². The monoisotopic (exact) mass is 376 g/mol. The third kappa shape index (κ3) is 3.68. The second-order valence-electron chi connectivity index (χ2n) is 7.06. The van der Waals surface area contributed by atoms with Crippen LogP contribution in [0.3, 0.4) is 0 Å². The van der Waals surface area contributed by atoms with E-state index < -0.39 is 6.10 Å². The van der Waals surface area contributed by atoms with Crippen LogP contribution >= 0.6 is 0 Å². The zero-order chi connectivity index (χ0) is 19.3. The molecule has 1 amide bonds. The molecule has 1 unspecified atom stereocenters. The predicted molar refractivity (Wildman–Crippen MR) is 107 cm³/mol. The summed E-state index contributed by atoms with van der Waals surface area (Å²) in [4.78, 5) is 19.0. The lowest BCUT2D eigenvalue weighted by Crippen LogP contribution is -2.41. The second kappa shape index (κ2) is 8.35. The van der Waals surface area contributed by atoms with E-state index in [4.69, 9.17) is 4.74 Å². The number of hydrogen-bond donors (Lipinski definition) is 1. The summed E-state index contributed by atoms with van der Waals surface area (Å²) in [5.41, 5.74) is 4.27. The van der Waals surface area contributed by atoms with Gasteiger partial charge >= 0.3 is 0 Å². The molecule has 28 heavy (non-hydrogen) atoms. The normalized spacial score (nSPS) is 16.1. The van der Waals surface area contributed by atoms with Gasteiger partial charge in [-0.05, 0) is 36.1 Å². The summed E-state index contributed by atoms with van der Waals surface area (Å²) in [7, 11) is 1.59. The van der Waals surface area contributed by atoms with Crippen molar-refractivity contribution in [1.29, 1.82) is 0 Å². The van der Waals surface area contributed by atoms with Crippen LogP contribution in [0.2, 0.25) is 0 Å². The first kappa shape index (κ1) is 18.4. The number of benzene rings is 1. The molecule has 4 rings (SSSR count). The number of nitrogens with zero attached hydrogens (tertiary/aromatic N) is 3. The number of H-pyrrole nitrogens is 1. The number of rotatable bonds is 5. The largest absolute Gasteiger partial charge is 0.367 e. The molecule has 3 aromatic rings. The number of aromatic nitrogens is 3. The fourth-order valence-electron chi connectivity index (χ4n) is 3.93. The third-order valence-corrected chi connectivity index (χ3v) is 5.44. The Kier molecular flexibility index (Phi) is 5.48. The summed E-state index contributed by atoms with van der Waals surface area (Å²) >= 11 is 0. The predicted octanol–water partition coefficient (Wildman–Crippen LogP) is 3.57. The molecule has 1 atom stereocenters. The molecule has 1 aliphatic heterocycles. The number of piperidine rings is 1. The minimum atomic E-state index is -0.544. The quantitative estimate of drug-likeness (QED) is 0.739.